The van der Waals surface area contributed by atoms with Crippen LogP contribution < -0.4 is 5.32 Å². The number of furan rings is 1. The van der Waals surface area contributed by atoms with Crippen molar-refractivity contribution in [3.63, 3.8) is 0 Å². The Balaban J connectivity index is 1.91. The number of halogens is 1. The summed E-state index contributed by atoms with van der Waals surface area (Å²) in [6, 6.07) is 17.0. The summed E-state index contributed by atoms with van der Waals surface area (Å²) in [5, 5.41) is 16.5. The molecule has 0 aliphatic rings. The molecule has 0 spiro atoms. The van der Waals surface area contributed by atoms with E-state index in [-0.39, 0.29) is 0 Å². The van der Waals surface area contributed by atoms with Crippen LogP contribution >= 0.6 is 11.6 Å². The molecule has 24 heavy (non-hydrogen) atoms. The highest BCUT2D eigenvalue weighted by molar-refractivity contribution is 6.35. The first-order chi connectivity index (χ1) is 11.6. The van der Waals surface area contributed by atoms with Crippen molar-refractivity contribution in [3.05, 3.63) is 82.3 Å². The average Bonchev–Trinajstić information content (AvgIpc) is 2.98. The fraction of sp³-hybridized carbons (Fsp3) is 0.105. The summed E-state index contributed by atoms with van der Waals surface area (Å²) in [7, 11) is 0. The van der Waals surface area contributed by atoms with Gasteiger partial charge in [0.05, 0.1) is 5.02 Å². The van der Waals surface area contributed by atoms with Gasteiger partial charge in [-0.3, -0.25) is 0 Å². The third-order valence-corrected chi connectivity index (χ3v) is 4.03. The molecule has 0 amide bonds. The van der Waals surface area contributed by atoms with Crippen LogP contribution in [0.2, 0.25) is 5.02 Å². The van der Waals surface area contributed by atoms with E-state index in [0.29, 0.717) is 22.1 Å². The molecule has 0 aliphatic heterocycles. The van der Waals surface area contributed by atoms with Gasteiger partial charge in [0.2, 0.25) is 0 Å². The maximum Gasteiger partial charge on any atom is 0.156 e. The second-order valence-electron chi connectivity index (χ2n) is 5.49. The lowest BCUT2D eigenvalue weighted by molar-refractivity contribution is 0.318. The van der Waals surface area contributed by atoms with E-state index < -0.39 is 0 Å². The smallest absolute Gasteiger partial charge is 0.156 e. The zero-order chi connectivity index (χ0) is 17.1. The number of hydrogen-bond donors (Lipinski definition) is 2. The fourth-order valence-corrected chi connectivity index (χ4v) is 2.72. The van der Waals surface area contributed by atoms with E-state index in [1.54, 1.807) is 18.2 Å². The van der Waals surface area contributed by atoms with Crippen molar-refractivity contribution in [2.45, 2.75) is 13.8 Å². The molecule has 0 radical (unpaired) electrons. The predicted molar refractivity (Wildman–Crippen MR) is 96.8 cm³/mol. The second-order valence-corrected chi connectivity index (χ2v) is 5.90. The minimum Gasteiger partial charge on any atom is -0.460 e. The maximum absolute atomic E-state index is 9.36. The number of para-hydroxylation sites is 1. The zero-order valence-corrected chi connectivity index (χ0v) is 14.1. The molecule has 0 saturated heterocycles. The average molecular weight is 341 g/mol. The van der Waals surface area contributed by atoms with Crippen molar-refractivity contribution < 1.29 is 9.62 Å². The van der Waals surface area contributed by atoms with E-state index in [2.05, 4.69) is 10.5 Å². The number of oxime groups is 1. The number of nitrogens with one attached hydrogen (secondary N) is 1. The van der Waals surface area contributed by atoms with Crippen molar-refractivity contribution >= 4 is 28.7 Å². The lowest BCUT2D eigenvalue weighted by Crippen LogP contribution is -2.03. The van der Waals surface area contributed by atoms with Crippen molar-refractivity contribution in [1.29, 1.82) is 0 Å². The van der Waals surface area contributed by atoms with Gasteiger partial charge in [-0.2, -0.15) is 0 Å². The number of nitrogens with zero attached hydrogens (tertiary/aromatic N) is 1. The van der Waals surface area contributed by atoms with Crippen LogP contribution in [0.1, 0.15) is 22.6 Å². The summed E-state index contributed by atoms with van der Waals surface area (Å²) in [6.07, 6.45) is 0. The number of anilines is 2. The Labute approximate surface area is 145 Å². The van der Waals surface area contributed by atoms with Gasteiger partial charge < -0.3 is 14.9 Å². The highest BCUT2D eigenvalue weighted by Gasteiger charge is 2.15. The third kappa shape index (κ3) is 3.29. The first kappa shape index (κ1) is 16.1. The molecule has 0 fully saturated rings. The molecule has 2 aromatic carbocycles. The standard InChI is InChI=1S/C19H17ClN2O2/c1-12-5-3-4-6-17(12)21-14-8-9-15(16(20)11-14)19(22-23)18-10-7-13(2)24-18/h3-11,21,23H,1-2H3/b22-19+. The Morgan fingerprint density at radius 1 is 1.08 bits per heavy atom. The molecular weight excluding hydrogens is 324 g/mol. The summed E-state index contributed by atoms with van der Waals surface area (Å²) in [5.74, 6) is 1.21. The van der Waals surface area contributed by atoms with E-state index >= 15 is 0 Å². The van der Waals surface area contributed by atoms with Crippen LogP contribution in [0.5, 0.6) is 0 Å². The molecular formula is C19H17ClN2O2. The second kappa shape index (κ2) is 6.81. The topological polar surface area (TPSA) is 57.8 Å². The van der Waals surface area contributed by atoms with Crippen molar-refractivity contribution in [1.82, 2.24) is 0 Å². The van der Waals surface area contributed by atoms with E-state index in [0.717, 1.165) is 22.7 Å². The van der Waals surface area contributed by atoms with Gasteiger partial charge in [0, 0.05) is 16.9 Å². The maximum atomic E-state index is 9.36. The minimum atomic E-state index is 0.301. The van der Waals surface area contributed by atoms with Gasteiger partial charge in [-0.25, -0.2) is 0 Å². The molecule has 0 unspecified atom stereocenters. The zero-order valence-electron chi connectivity index (χ0n) is 13.4. The SMILES string of the molecule is Cc1ccc(/C(=N/O)c2ccc(Nc3ccccc3C)cc2Cl)o1. The van der Waals surface area contributed by atoms with E-state index in [1.165, 1.54) is 0 Å². The van der Waals surface area contributed by atoms with Gasteiger partial charge in [-0.15, -0.1) is 0 Å². The summed E-state index contributed by atoms with van der Waals surface area (Å²) in [4.78, 5) is 0. The molecule has 3 aromatic rings. The largest absolute Gasteiger partial charge is 0.460 e. The normalized spacial score (nSPS) is 11.5. The highest BCUT2D eigenvalue weighted by Crippen LogP contribution is 2.27. The Kier molecular flexibility index (Phi) is 4.58. The molecule has 0 aliphatic carbocycles. The van der Waals surface area contributed by atoms with Crippen LogP contribution in [-0.2, 0) is 0 Å². The lowest BCUT2D eigenvalue weighted by Gasteiger charge is -2.11. The number of rotatable bonds is 4. The van der Waals surface area contributed by atoms with Crippen LogP contribution in [0.3, 0.4) is 0 Å². The van der Waals surface area contributed by atoms with E-state index in [4.69, 9.17) is 16.0 Å². The fourth-order valence-electron chi connectivity index (χ4n) is 2.45. The Morgan fingerprint density at radius 3 is 2.50 bits per heavy atom. The van der Waals surface area contributed by atoms with E-state index in [1.807, 2.05) is 50.2 Å². The molecule has 5 heteroatoms. The molecule has 1 heterocycles. The number of benzene rings is 2. The number of hydrogen-bond acceptors (Lipinski definition) is 4. The molecule has 4 nitrogen and oxygen atoms in total. The molecule has 0 atom stereocenters. The molecule has 0 bridgehead atoms. The van der Waals surface area contributed by atoms with Gasteiger partial charge in [0.15, 0.2) is 11.5 Å². The quantitative estimate of drug-likeness (QED) is 0.373. The van der Waals surface area contributed by atoms with Gasteiger partial charge in [0.1, 0.15) is 5.76 Å². The summed E-state index contributed by atoms with van der Waals surface area (Å²) in [5.41, 5.74) is 3.91. The Bertz CT molecular complexity index is 900. The first-order valence-electron chi connectivity index (χ1n) is 7.50. The molecule has 2 N–H and O–H groups in total. The predicted octanol–water partition coefficient (Wildman–Crippen LogP) is 5.52. The highest BCUT2D eigenvalue weighted by atomic mass is 35.5. The summed E-state index contributed by atoms with van der Waals surface area (Å²) < 4.78 is 5.52. The van der Waals surface area contributed by atoms with Crippen molar-refractivity contribution in [2.75, 3.05) is 5.32 Å². The van der Waals surface area contributed by atoms with Crippen LogP contribution in [0, 0.1) is 13.8 Å². The molecule has 122 valence electrons. The number of aryl methyl sites for hydroxylation is 2. The molecule has 1 aromatic heterocycles. The minimum absolute atomic E-state index is 0.301. The Hall–Kier alpha value is -2.72. The van der Waals surface area contributed by atoms with Crippen LogP contribution in [0.15, 0.2) is 64.2 Å². The van der Waals surface area contributed by atoms with Gasteiger partial charge >= 0.3 is 0 Å². The lowest BCUT2D eigenvalue weighted by atomic mass is 10.1. The van der Waals surface area contributed by atoms with Gasteiger partial charge in [-0.05, 0) is 55.8 Å². The van der Waals surface area contributed by atoms with Crippen LogP contribution in [0.4, 0.5) is 11.4 Å². The summed E-state index contributed by atoms with van der Waals surface area (Å²) in [6.45, 7) is 3.86. The Morgan fingerprint density at radius 2 is 1.88 bits per heavy atom. The van der Waals surface area contributed by atoms with Crippen molar-refractivity contribution in [2.24, 2.45) is 5.16 Å². The van der Waals surface area contributed by atoms with Crippen LogP contribution in [0.25, 0.3) is 0 Å². The van der Waals surface area contributed by atoms with E-state index in [9.17, 15) is 5.21 Å². The molecule has 3 rings (SSSR count). The van der Waals surface area contributed by atoms with Crippen molar-refractivity contribution in [3.8, 4) is 0 Å². The molecule has 0 saturated carbocycles. The first-order valence-corrected chi connectivity index (χ1v) is 7.87. The monoisotopic (exact) mass is 340 g/mol. The van der Waals surface area contributed by atoms with Crippen LogP contribution in [-0.4, -0.2) is 10.9 Å². The third-order valence-electron chi connectivity index (χ3n) is 3.72. The van der Waals surface area contributed by atoms with Gasteiger partial charge in [0.25, 0.3) is 0 Å². The van der Waals surface area contributed by atoms with Gasteiger partial charge in [-0.1, -0.05) is 35.0 Å². The summed E-state index contributed by atoms with van der Waals surface area (Å²) >= 11 is 6.39.